The topological polar surface area (TPSA) is 73.0 Å². The van der Waals surface area contributed by atoms with E-state index in [0.29, 0.717) is 6.04 Å². The molecule has 0 spiro atoms. The Bertz CT molecular complexity index is 430. The lowest BCUT2D eigenvalue weighted by atomic mass is 10.1. The molecule has 0 saturated carbocycles. The van der Waals surface area contributed by atoms with Crippen molar-refractivity contribution in [3.63, 3.8) is 0 Å². The number of thioether (sulfide) groups is 1. The van der Waals surface area contributed by atoms with Crippen LogP contribution >= 0.6 is 49.0 Å². The molecule has 3 rings (SSSR count). The van der Waals surface area contributed by atoms with E-state index in [2.05, 4.69) is 20.6 Å². The summed E-state index contributed by atoms with van der Waals surface area (Å²) >= 11 is 1.83. The number of halogens is 3. The Balaban J connectivity index is 0.00000147. The van der Waals surface area contributed by atoms with Crippen LogP contribution in [0, 0.1) is 0 Å². The normalized spacial score (nSPS) is 23.4. The number of imidazole rings is 1. The molecule has 2 fully saturated rings. The summed E-state index contributed by atoms with van der Waals surface area (Å²) in [7, 11) is 0. The van der Waals surface area contributed by atoms with Crippen LogP contribution in [0.25, 0.3) is 0 Å². The minimum atomic E-state index is -0.0158. The molecule has 22 heavy (non-hydrogen) atoms. The van der Waals surface area contributed by atoms with Crippen molar-refractivity contribution < 1.29 is 4.79 Å². The first-order chi connectivity index (χ1) is 9.33. The van der Waals surface area contributed by atoms with Gasteiger partial charge in [-0.1, -0.05) is 0 Å². The zero-order valence-electron chi connectivity index (χ0n) is 12.0. The summed E-state index contributed by atoms with van der Waals surface area (Å²) in [6, 6.07) is 0.338. The fraction of sp³-hybridized carbons (Fsp3) is 0.667. The second kappa shape index (κ2) is 10.6. The standard InChI is InChI=1S/C12H19N5OS.3ClH/c18-12(17-1-2-19-8-17)11-3-9(5-15-11)14-6-10-4-13-7-16-10;;;/h4,7,9,11,14-15H,1-3,5-6,8H2,(H,13,16);3*1H/t9-,11-;;;/m0.../s1. The Morgan fingerprint density at radius 3 is 2.91 bits per heavy atom. The summed E-state index contributed by atoms with van der Waals surface area (Å²) in [5, 5.41) is 6.77. The number of hydrogen-bond acceptors (Lipinski definition) is 5. The van der Waals surface area contributed by atoms with Crippen molar-refractivity contribution in [3.05, 3.63) is 18.2 Å². The van der Waals surface area contributed by atoms with E-state index >= 15 is 0 Å². The van der Waals surface area contributed by atoms with Crippen LogP contribution in [0.2, 0.25) is 0 Å². The van der Waals surface area contributed by atoms with Gasteiger partial charge in [0.15, 0.2) is 0 Å². The number of rotatable bonds is 4. The van der Waals surface area contributed by atoms with Crippen LogP contribution < -0.4 is 10.6 Å². The molecule has 0 bridgehead atoms. The summed E-state index contributed by atoms with van der Waals surface area (Å²) in [5.41, 5.74) is 1.07. The molecule has 0 radical (unpaired) electrons. The lowest BCUT2D eigenvalue weighted by molar-refractivity contribution is -0.131. The summed E-state index contributed by atoms with van der Waals surface area (Å²) in [6.45, 7) is 2.52. The Hall–Kier alpha value is -0.180. The lowest BCUT2D eigenvalue weighted by Crippen LogP contribution is -2.42. The second-order valence-corrected chi connectivity index (χ2v) is 6.06. The maximum atomic E-state index is 12.2. The zero-order chi connectivity index (χ0) is 13.1. The monoisotopic (exact) mass is 389 g/mol. The van der Waals surface area contributed by atoms with Crippen molar-refractivity contribution >= 4 is 54.9 Å². The number of nitrogens with zero attached hydrogens (tertiary/aromatic N) is 2. The van der Waals surface area contributed by atoms with Gasteiger partial charge in [-0.25, -0.2) is 4.98 Å². The first kappa shape index (κ1) is 21.8. The van der Waals surface area contributed by atoms with Crippen molar-refractivity contribution in [3.8, 4) is 0 Å². The molecule has 6 nitrogen and oxygen atoms in total. The molecule has 2 atom stereocenters. The molecule has 1 amide bonds. The predicted molar refractivity (Wildman–Crippen MR) is 96.4 cm³/mol. The molecule has 2 saturated heterocycles. The zero-order valence-corrected chi connectivity index (χ0v) is 15.3. The molecular formula is C12H22Cl3N5OS. The van der Waals surface area contributed by atoms with Gasteiger partial charge in [0.25, 0.3) is 0 Å². The number of nitrogens with one attached hydrogen (secondary N) is 3. The molecule has 3 heterocycles. The van der Waals surface area contributed by atoms with Crippen LogP contribution in [-0.2, 0) is 11.3 Å². The van der Waals surface area contributed by atoms with Crippen LogP contribution in [-0.4, -0.2) is 57.6 Å². The lowest BCUT2D eigenvalue weighted by Gasteiger charge is -2.19. The number of aromatic amines is 1. The van der Waals surface area contributed by atoms with Crippen LogP contribution in [0.5, 0.6) is 0 Å². The number of carbonyl (C=O) groups is 1. The van der Waals surface area contributed by atoms with E-state index in [4.69, 9.17) is 0 Å². The smallest absolute Gasteiger partial charge is 0.240 e. The largest absolute Gasteiger partial charge is 0.347 e. The van der Waals surface area contributed by atoms with E-state index in [1.54, 1.807) is 6.33 Å². The molecule has 1 aromatic heterocycles. The van der Waals surface area contributed by atoms with Crippen molar-refractivity contribution in [2.75, 3.05) is 24.7 Å². The molecule has 3 N–H and O–H groups in total. The third-order valence-corrected chi connectivity index (χ3v) is 4.59. The summed E-state index contributed by atoms with van der Waals surface area (Å²) in [4.78, 5) is 21.2. The van der Waals surface area contributed by atoms with E-state index in [1.807, 2.05) is 22.9 Å². The Morgan fingerprint density at radius 1 is 1.45 bits per heavy atom. The van der Waals surface area contributed by atoms with Crippen LogP contribution in [0.4, 0.5) is 0 Å². The number of carbonyl (C=O) groups excluding carboxylic acids is 1. The highest BCUT2D eigenvalue weighted by Gasteiger charge is 2.33. The van der Waals surface area contributed by atoms with Gasteiger partial charge in [0.05, 0.1) is 18.2 Å². The first-order valence-corrected chi connectivity index (χ1v) is 7.79. The van der Waals surface area contributed by atoms with Crippen molar-refractivity contribution in [1.29, 1.82) is 0 Å². The molecule has 2 aliphatic rings. The van der Waals surface area contributed by atoms with Gasteiger partial charge >= 0.3 is 0 Å². The minimum absolute atomic E-state index is 0. The molecule has 0 unspecified atom stereocenters. The number of hydrogen-bond donors (Lipinski definition) is 3. The van der Waals surface area contributed by atoms with Crippen molar-refractivity contribution in [2.24, 2.45) is 0 Å². The maximum absolute atomic E-state index is 12.2. The van der Waals surface area contributed by atoms with E-state index < -0.39 is 0 Å². The highest BCUT2D eigenvalue weighted by Crippen LogP contribution is 2.17. The number of aromatic nitrogens is 2. The molecule has 1 aromatic rings. The fourth-order valence-corrected chi connectivity index (χ4v) is 3.48. The minimum Gasteiger partial charge on any atom is -0.347 e. The van der Waals surface area contributed by atoms with Gasteiger partial charge in [0.1, 0.15) is 0 Å². The van der Waals surface area contributed by atoms with E-state index in [1.165, 1.54) is 0 Å². The quantitative estimate of drug-likeness (QED) is 0.716. The van der Waals surface area contributed by atoms with E-state index in [-0.39, 0.29) is 49.2 Å². The molecule has 0 aliphatic carbocycles. The van der Waals surface area contributed by atoms with Crippen LogP contribution in [0.1, 0.15) is 12.1 Å². The second-order valence-electron chi connectivity index (χ2n) is 4.99. The summed E-state index contributed by atoms with van der Waals surface area (Å²) < 4.78 is 0. The van der Waals surface area contributed by atoms with Crippen molar-refractivity contribution in [1.82, 2.24) is 25.5 Å². The first-order valence-electron chi connectivity index (χ1n) is 6.63. The van der Waals surface area contributed by atoms with Gasteiger partial charge in [-0.3, -0.25) is 4.79 Å². The molecule has 2 aliphatic heterocycles. The van der Waals surface area contributed by atoms with Crippen LogP contribution in [0.3, 0.4) is 0 Å². The predicted octanol–water partition coefficient (Wildman–Crippen LogP) is 1.03. The Morgan fingerprint density at radius 2 is 2.27 bits per heavy atom. The molecule has 128 valence electrons. The van der Waals surface area contributed by atoms with Gasteiger partial charge in [-0.15, -0.1) is 49.0 Å². The third kappa shape index (κ3) is 5.47. The summed E-state index contributed by atoms with van der Waals surface area (Å²) in [5.74, 6) is 2.18. The number of amides is 1. The van der Waals surface area contributed by atoms with Gasteiger partial charge in [0.2, 0.25) is 5.91 Å². The van der Waals surface area contributed by atoms with E-state index in [0.717, 1.165) is 43.4 Å². The maximum Gasteiger partial charge on any atom is 0.240 e. The Kier molecular flexibility index (Phi) is 10.5. The van der Waals surface area contributed by atoms with E-state index in [9.17, 15) is 4.79 Å². The van der Waals surface area contributed by atoms with Gasteiger partial charge in [-0.05, 0) is 6.42 Å². The van der Waals surface area contributed by atoms with Gasteiger partial charge in [0, 0.05) is 43.3 Å². The average molecular weight is 391 g/mol. The molecular weight excluding hydrogens is 369 g/mol. The molecule has 10 heteroatoms. The van der Waals surface area contributed by atoms with Gasteiger partial charge in [-0.2, -0.15) is 0 Å². The van der Waals surface area contributed by atoms with Gasteiger partial charge < -0.3 is 20.5 Å². The molecule has 0 aromatic carbocycles. The number of H-pyrrole nitrogens is 1. The van der Waals surface area contributed by atoms with Crippen molar-refractivity contribution in [2.45, 2.75) is 25.0 Å². The third-order valence-electron chi connectivity index (χ3n) is 3.63. The highest BCUT2D eigenvalue weighted by molar-refractivity contribution is 7.99. The Labute approximate surface area is 153 Å². The van der Waals surface area contributed by atoms with Crippen LogP contribution in [0.15, 0.2) is 12.5 Å². The SMILES string of the molecule is Cl.Cl.Cl.O=C([C@@H]1C[C@H](NCc2cnc[nH]2)CN1)N1CCSC1. The highest BCUT2D eigenvalue weighted by atomic mass is 35.5. The summed E-state index contributed by atoms with van der Waals surface area (Å²) in [6.07, 6.45) is 4.37. The fourth-order valence-electron chi connectivity index (χ4n) is 2.52. The average Bonchev–Trinajstić information content (AvgIpc) is 3.16.